The fourth-order valence-corrected chi connectivity index (χ4v) is 1.38. The Morgan fingerprint density at radius 2 is 2.31 bits per heavy atom. The molecule has 0 saturated carbocycles. The summed E-state index contributed by atoms with van der Waals surface area (Å²) in [7, 11) is 0. The minimum absolute atomic E-state index is 0.174. The minimum Gasteiger partial charge on any atom is -0.368 e. The van der Waals surface area contributed by atoms with Gasteiger partial charge in [0.25, 0.3) is 0 Å². The molecule has 6 heteroatoms. The number of hydrogen-bond acceptors (Lipinski definition) is 4. The molecule has 2 N–H and O–H groups in total. The van der Waals surface area contributed by atoms with Crippen molar-refractivity contribution in [3.05, 3.63) is 11.5 Å². The van der Waals surface area contributed by atoms with Crippen molar-refractivity contribution in [3.8, 4) is 0 Å². The van der Waals surface area contributed by atoms with E-state index in [1.807, 2.05) is 11.5 Å². The molecule has 2 aromatic heterocycles. The van der Waals surface area contributed by atoms with Crippen LogP contribution in [0.2, 0.25) is 5.15 Å². The van der Waals surface area contributed by atoms with Gasteiger partial charge in [0.2, 0.25) is 5.95 Å². The predicted octanol–water partition coefficient (Wildman–Crippen LogP) is 1.08. The Morgan fingerprint density at radius 1 is 1.54 bits per heavy atom. The van der Waals surface area contributed by atoms with Crippen LogP contribution in [-0.4, -0.2) is 19.5 Å². The lowest BCUT2D eigenvalue weighted by Crippen LogP contribution is -1.99. The first-order valence-electron chi connectivity index (χ1n) is 3.86. The van der Waals surface area contributed by atoms with Crippen molar-refractivity contribution < 1.29 is 0 Å². The summed E-state index contributed by atoms with van der Waals surface area (Å²) in [6.45, 7) is 2.77. The smallest absolute Gasteiger partial charge is 0.223 e. The first-order valence-corrected chi connectivity index (χ1v) is 4.24. The van der Waals surface area contributed by atoms with Crippen molar-refractivity contribution in [1.82, 2.24) is 19.5 Å². The normalized spacial score (nSPS) is 10.9. The lowest BCUT2D eigenvalue weighted by atomic mass is 10.5. The summed E-state index contributed by atoms with van der Waals surface area (Å²) < 4.78 is 1.86. The lowest BCUT2D eigenvalue weighted by molar-refractivity contribution is 0.778. The summed E-state index contributed by atoms with van der Waals surface area (Å²) in [6, 6.07) is 0. The van der Waals surface area contributed by atoms with Crippen molar-refractivity contribution in [2.45, 2.75) is 13.5 Å². The van der Waals surface area contributed by atoms with Crippen molar-refractivity contribution in [3.63, 3.8) is 0 Å². The van der Waals surface area contributed by atoms with Crippen LogP contribution >= 0.6 is 11.6 Å². The Kier molecular flexibility index (Phi) is 1.81. The van der Waals surface area contributed by atoms with Crippen LogP contribution < -0.4 is 5.73 Å². The zero-order valence-corrected chi connectivity index (χ0v) is 7.78. The molecule has 0 aliphatic heterocycles. The van der Waals surface area contributed by atoms with Crippen LogP contribution in [0.1, 0.15) is 6.92 Å². The highest BCUT2D eigenvalue weighted by molar-refractivity contribution is 6.33. The van der Waals surface area contributed by atoms with E-state index in [1.165, 1.54) is 0 Å². The van der Waals surface area contributed by atoms with Crippen LogP contribution in [0, 0.1) is 0 Å². The number of nitrogen functional groups attached to an aromatic ring is 1. The second-order valence-corrected chi connectivity index (χ2v) is 2.93. The summed E-state index contributed by atoms with van der Waals surface area (Å²) in [6.07, 6.45) is 1.67. The fraction of sp³-hybridized carbons (Fsp3) is 0.286. The van der Waals surface area contributed by atoms with Gasteiger partial charge in [-0.05, 0) is 6.92 Å². The van der Waals surface area contributed by atoms with Gasteiger partial charge in [-0.3, -0.25) is 0 Å². The number of nitrogens with zero attached hydrogens (tertiary/aromatic N) is 4. The van der Waals surface area contributed by atoms with Gasteiger partial charge in [0.05, 0.1) is 6.33 Å². The van der Waals surface area contributed by atoms with Gasteiger partial charge in [0, 0.05) is 6.54 Å². The zero-order valence-electron chi connectivity index (χ0n) is 7.03. The molecule has 0 radical (unpaired) electrons. The van der Waals surface area contributed by atoms with Gasteiger partial charge >= 0.3 is 0 Å². The fourth-order valence-electron chi connectivity index (χ4n) is 1.16. The Morgan fingerprint density at radius 3 is 3.00 bits per heavy atom. The van der Waals surface area contributed by atoms with Gasteiger partial charge in [-0.15, -0.1) is 0 Å². The third kappa shape index (κ3) is 1.21. The number of nitrogens with two attached hydrogens (primary N) is 1. The molecule has 0 aromatic carbocycles. The second kappa shape index (κ2) is 2.85. The maximum atomic E-state index is 5.83. The summed E-state index contributed by atoms with van der Waals surface area (Å²) >= 11 is 5.83. The lowest BCUT2D eigenvalue weighted by Gasteiger charge is -1.98. The predicted molar refractivity (Wildman–Crippen MR) is 50.4 cm³/mol. The van der Waals surface area contributed by atoms with Crippen LogP contribution in [0.4, 0.5) is 5.95 Å². The molecule has 0 aliphatic carbocycles. The van der Waals surface area contributed by atoms with Crippen LogP contribution in [0.3, 0.4) is 0 Å². The molecule has 0 bridgehead atoms. The number of aryl methyl sites for hydroxylation is 1. The van der Waals surface area contributed by atoms with Crippen LogP contribution in [0.15, 0.2) is 6.33 Å². The highest BCUT2D eigenvalue weighted by Gasteiger charge is 2.08. The molecular weight excluding hydrogens is 190 g/mol. The van der Waals surface area contributed by atoms with Crippen LogP contribution in [0.25, 0.3) is 11.2 Å². The van der Waals surface area contributed by atoms with Gasteiger partial charge in [-0.2, -0.15) is 9.97 Å². The number of hydrogen-bond donors (Lipinski definition) is 1. The molecule has 0 fully saturated rings. The Bertz CT molecular complexity index is 449. The van der Waals surface area contributed by atoms with E-state index in [4.69, 9.17) is 17.3 Å². The number of anilines is 1. The van der Waals surface area contributed by atoms with Crippen molar-refractivity contribution in [1.29, 1.82) is 0 Å². The van der Waals surface area contributed by atoms with E-state index in [0.717, 1.165) is 6.54 Å². The molecule has 5 nitrogen and oxygen atoms in total. The van der Waals surface area contributed by atoms with E-state index in [-0.39, 0.29) is 5.95 Å². The summed E-state index contributed by atoms with van der Waals surface area (Å²) in [5.74, 6) is 0.174. The first-order chi connectivity index (χ1) is 6.22. The van der Waals surface area contributed by atoms with Crippen molar-refractivity contribution in [2.75, 3.05) is 5.73 Å². The first kappa shape index (κ1) is 8.25. The van der Waals surface area contributed by atoms with E-state index in [2.05, 4.69) is 15.0 Å². The van der Waals surface area contributed by atoms with Gasteiger partial charge in [0.1, 0.15) is 5.52 Å². The molecule has 0 aliphatic rings. The molecule has 0 saturated heterocycles. The third-order valence-electron chi connectivity index (χ3n) is 1.78. The second-order valence-electron chi connectivity index (χ2n) is 2.58. The van der Waals surface area contributed by atoms with E-state index < -0.39 is 0 Å². The van der Waals surface area contributed by atoms with Crippen LogP contribution in [-0.2, 0) is 6.54 Å². The minimum atomic E-state index is 0.174. The van der Waals surface area contributed by atoms with Crippen molar-refractivity contribution >= 4 is 28.7 Å². The Hall–Kier alpha value is -1.36. The molecule has 2 aromatic rings. The molecule has 13 heavy (non-hydrogen) atoms. The Labute approximate surface area is 79.6 Å². The van der Waals surface area contributed by atoms with Crippen molar-refractivity contribution in [2.24, 2.45) is 0 Å². The van der Waals surface area contributed by atoms with E-state index in [9.17, 15) is 0 Å². The van der Waals surface area contributed by atoms with Gasteiger partial charge in [-0.25, -0.2) is 4.98 Å². The monoisotopic (exact) mass is 197 g/mol. The SMILES string of the molecule is CCn1cnc2c(Cl)nc(N)nc21. The summed E-state index contributed by atoms with van der Waals surface area (Å²) in [5, 5.41) is 0.301. The third-order valence-corrected chi connectivity index (χ3v) is 2.04. The standard InChI is InChI=1S/C7H8ClN5/c1-2-13-3-10-4-5(8)11-7(9)12-6(4)13/h3H,2H2,1H3,(H2,9,11,12). The Balaban J connectivity index is 2.82. The topological polar surface area (TPSA) is 69.6 Å². The maximum Gasteiger partial charge on any atom is 0.223 e. The summed E-state index contributed by atoms with van der Waals surface area (Å²) in [4.78, 5) is 11.9. The molecule has 2 heterocycles. The van der Waals surface area contributed by atoms with Gasteiger partial charge < -0.3 is 10.3 Å². The average molecular weight is 198 g/mol. The molecule has 2 rings (SSSR count). The highest BCUT2D eigenvalue weighted by Crippen LogP contribution is 2.18. The highest BCUT2D eigenvalue weighted by atomic mass is 35.5. The molecule has 68 valence electrons. The largest absolute Gasteiger partial charge is 0.368 e. The number of aromatic nitrogens is 4. The number of rotatable bonds is 1. The molecule has 0 atom stereocenters. The van der Waals surface area contributed by atoms with Crippen LogP contribution in [0.5, 0.6) is 0 Å². The van der Waals surface area contributed by atoms with E-state index >= 15 is 0 Å². The zero-order chi connectivity index (χ0) is 9.42. The molecule has 0 unspecified atom stereocenters. The summed E-state index contributed by atoms with van der Waals surface area (Å²) in [5.41, 5.74) is 6.74. The van der Waals surface area contributed by atoms with Gasteiger partial charge in [-0.1, -0.05) is 11.6 Å². The average Bonchev–Trinajstić information content (AvgIpc) is 2.47. The molecule has 0 amide bonds. The maximum absolute atomic E-state index is 5.83. The van der Waals surface area contributed by atoms with Gasteiger partial charge in [0.15, 0.2) is 10.8 Å². The molecular formula is C7H8ClN5. The molecule has 0 spiro atoms. The number of halogens is 1. The number of imidazole rings is 1. The quantitative estimate of drug-likeness (QED) is 0.695. The van der Waals surface area contributed by atoms with E-state index in [0.29, 0.717) is 16.3 Å². The number of fused-ring (bicyclic) bond motifs is 1. The van der Waals surface area contributed by atoms with E-state index in [1.54, 1.807) is 6.33 Å².